The van der Waals surface area contributed by atoms with Gasteiger partial charge >= 0.3 is 0 Å². The largest absolute Gasteiger partial charge is 0.483 e. The Labute approximate surface area is 158 Å². The molecule has 1 aliphatic rings. The molecule has 0 radical (unpaired) electrons. The Balaban J connectivity index is 1.48. The van der Waals surface area contributed by atoms with Crippen molar-refractivity contribution in [3.8, 4) is 23.3 Å². The quantitative estimate of drug-likeness (QED) is 0.832. The number of nitrogens with one attached hydrogen (secondary N) is 1. The van der Waals surface area contributed by atoms with Crippen LogP contribution < -0.4 is 14.8 Å². The summed E-state index contributed by atoms with van der Waals surface area (Å²) in [6.07, 6.45) is 0.863. The molecule has 0 bridgehead atoms. The van der Waals surface area contributed by atoms with E-state index in [1.807, 2.05) is 12.1 Å². The van der Waals surface area contributed by atoms with Crippen LogP contribution in [-0.4, -0.2) is 24.7 Å². The van der Waals surface area contributed by atoms with Gasteiger partial charge < -0.3 is 14.8 Å². The van der Waals surface area contributed by atoms with E-state index in [9.17, 15) is 4.79 Å². The molecule has 0 fully saturated rings. The number of ether oxygens (including phenoxy) is 2. The van der Waals surface area contributed by atoms with Crippen LogP contribution in [0.1, 0.15) is 29.8 Å². The molecule has 1 aliphatic heterocycles. The summed E-state index contributed by atoms with van der Waals surface area (Å²) >= 11 is 5.80. The van der Waals surface area contributed by atoms with E-state index in [2.05, 4.69) is 37.1 Å². The number of rotatable bonds is 4. The molecule has 0 atom stereocenters. The van der Waals surface area contributed by atoms with Gasteiger partial charge in [0.2, 0.25) is 0 Å². The minimum atomic E-state index is -0.209. The van der Waals surface area contributed by atoms with Crippen LogP contribution in [-0.2, 0) is 6.42 Å². The summed E-state index contributed by atoms with van der Waals surface area (Å²) in [5.41, 5.74) is 1.49. The molecular weight excluding hydrogens is 350 g/mol. The van der Waals surface area contributed by atoms with Crippen molar-refractivity contribution in [2.45, 2.75) is 25.9 Å². The molecule has 1 N–H and O–H groups in total. The molecule has 26 heavy (non-hydrogen) atoms. The number of hydrogen-bond acceptors (Lipinski definition) is 3. The average molecular weight is 370 g/mol. The van der Waals surface area contributed by atoms with Gasteiger partial charge in [-0.15, -0.1) is 0 Å². The van der Waals surface area contributed by atoms with Gasteiger partial charge in [-0.3, -0.25) is 4.79 Å². The van der Waals surface area contributed by atoms with Crippen molar-refractivity contribution >= 4 is 17.5 Å². The van der Waals surface area contributed by atoms with E-state index in [1.165, 1.54) is 0 Å². The first-order valence-electron chi connectivity index (χ1n) is 8.38. The Bertz CT molecular complexity index is 863. The highest BCUT2D eigenvalue weighted by Gasteiger charge is 2.32. The van der Waals surface area contributed by atoms with Crippen LogP contribution in [0.25, 0.3) is 0 Å². The lowest BCUT2D eigenvalue weighted by Crippen LogP contribution is -2.24. The monoisotopic (exact) mass is 369 g/mol. The third-order valence-electron chi connectivity index (χ3n) is 3.92. The van der Waals surface area contributed by atoms with E-state index in [4.69, 9.17) is 21.1 Å². The SMILES string of the molecule is CC1(C)Cc2cccc(OCC#CCNC(=O)c3ccc(Cl)cc3)c2O1. The Hall–Kier alpha value is -2.64. The molecule has 0 saturated heterocycles. The maximum Gasteiger partial charge on any atom is 0.252 e. The fourth-order valence-electron chi connectivity index (χ4n) is 2.76. The molecule has 3 rings (SSSR count). The van der Waals surface area contributed by atoms with Gasteiger partial charge in [0.1, 0.15) is 12.2 Å². The second kappa shape index (κ2) is 7.72. The number of benzene rings is 2. The Morgan fingerprint density at radius 1 is 1.23 bits per heavy atom. The Kier molecular flexibility index (Phi) is 5.39. The van der Waals surface area contributed by atoms with Gasteiger partial charge in [0.05, 0.1) is 6.54 Å². The summed E-state index contributed by atoms with van der Waals surface area (Å²) in [5.74, 6) is 7.09. The van der Waals surface area contributed by atoms with Crippen molar-refractivity contribution in [1.82, 2.24) is 5.32 Å². The summed E-state index contributed by atoms with van der Waals surface area (Å²) in [7, 11) is 0. The topological polar surface area (TPSA) is 47.6 Å². The summed E-state index contributed by atoms with van der Waals surface area (Å²) < 4.78 is 11.7. The van der Waals surface area contributed by atoms with Crippen molar-refractivity contribution < 1.29 is 14.3 Å². The third kappa shape index (κ3) is 4.50. The molecule has 0 spiro atoms. The summed E-state index contributed by atoms with van der Waals surface area (Å²) in [4.78, 5) is 11.9. The molecule has 1 amide bonds. The van der Waals surface area contributed by atoms with Gasteiger partial charge in [-0.2, -0.15) is 0 Å². The second-order valence-electron chi connectivity index (χ2n) is 6.61. The van der Waals surface area contributed by atoms with E-state index in [1.54, 1.807) is 24.3 Å². The lowest BCUT2D eigenvalue weighted by Gasteiger charge is -2.17. The number of hydrogen-bond donors (Lipinski definition) is 1. The van der Waals surface area contributed by atoms with Crippen molar-refractivity contribution in [3.05, 3.63) is 58.6 Å². The number of carbonyl (C=O) groups excluding carboxylic acids is 1. The number of fused-ring (bicyclic) bond motifs is 1. The maximum atomic E-state index is 11.9. The van der Waals surface area contributed by atoms with Gasteiger partial charge in [0.15, 0.2) is 11.5 Å². The van der Waals surface area contributed by atoms with Crippen LogP contribution >= 0.6 is 11.6 Å². The van der Waals surface area contributed by atoms with Crippen LogP contribution in [0, 0.1) is 11.8 Å². The first kappa shape index (κ1) is 18.2. The first-order chi connectivity index (χ1) is 12.4. The molecule has 0 aliphatic carbocycles. The van der Waals surface area contributed by atoms with Gasteiger partial charge in [0.25, 0.3) is 5.91 Å². The van der Waals surface area contributed by atoms with Crippen molar-refractivity contribution in [3.63, 3.8) is 0 Å². The van der Waals surface area contributed by atoms with Crippen LogP contribution in [0.2, 0.25) is 5.02 Å². The van der Waals surface area contributed by atoms with Crippen molar-refractivity contribution in [2.75, 3.05) is 13.2 Å². The van der Waals surface area contributed by atoms with Gasteiger partial charge in [-0.1, -0.05) is 35.6 Å². The lowest BCUT2D eigenvalue weighted by atomic mass is 10.0. The lowest BCUT2D eigenvalue weighted by molar-refractivity contribution is 0.0958. The zero-order chi connectivity index (χ0) is 18.6. The minimum absolute atomic E-state index is 0.187. The zero-order valence-corrected chi connectivity index (χ0v) is 15.5. The van der Waals surface area contributed by atoms with Crippen LogP contribution in [0.3, 0.4) is 0 Å². The first-order valence-corrected chi connectivity index (χ1v) is 8.76. The molecule has 0 aromatic heterocycles. The van der Waals surface area contributed by atoms with Crippen LogP contribution in [0.5, 0.6) is 11.5 Å². The molecule has 0 unspecified atom stereocenters. The van der Waals surface area contributed by atoms with E-state index in [0.717, 1.165) is 17.7 Å². The smallest absolute Gasteiger partial charge is 0.252 e. The van der Waals surface area contributed by atoms with Gasteiger partial charge in [-0.25, -0.2) is 0 Å². The van der Waals surface area contributed by atoms with Crippen molar-refractivity contribution in [2.24, 2.45) is 0 Å². The fraction of sp³-hybridized carbons (Fsp3) is 0.286. The van der Waals surface area contributed by atoms with Gasteiger partial charge in [0, 0.05) is 22.6 Å². The molecular formula is C21H20ClNO3. The standard InChI is InChI=1S/C21H20ClNO3/c1-21(2)14-16-6-5-7-18(19(16)26-21)25-13-4-3-12-23-20(24)15-8-10-17(22)11-9-15/h5-11H,12-14H2,1-2H3,(H,23,24). The third-order valence-corrected chi connectivity index (χ3v) is 4.18. The molecule has 4 nitrogen and oxygen atoms in total. The van der Waals surface area contributed by atoms with E-state index in [0.29, 0.717) is 16.3 Å². The van der Waals surface area contributed by atoms with E-state index in [-0.39, 0.29) is 24.7 Å². The van der Waals surface area contributed by atoms with Crippen molar-refractivity contribution in [1.29, 1.82) is 0 Å². The maximum absolute atomic E-state index is 11.9. The molecule has 1 heterocycles. The minimum Gasteiger partial charge on any atom is -0.483 e. The number of amides is 1. The number of carbonyl (C=O) groups is 1. The van der Waals surface area contributed by atoms with E-state index < -0.39 is 0 Å². The number of para-hydroxylation sites is 1. The summed E-state index contributed by atoms with van der Waals surface area (Å²) in [5, 5.41) is 3.33. The molecule has 5 heteroatoms. The number of halogens is 1. The molecule has 2 aromatic carbocycles. The van der Waals surface area contributed by atoms with Gasteiger partial charge in [-0.05, 0) is 44.2 Å². The molecule has 0 saturated carbocycles. The van der Waals surface area contributed by atoms with Crippen LogP contribution in [0.15, 0.2) is 42.5 Å². The molecule has 2 aromatic rings. The second-order valence-corrected chi connectivity index (χ2v) is 7.05. The zero-order valence-electron chi connectivity index (χ0n) is 14.8. The van der Waals surface area contributed by atoms with E-state index >= 15 is 0 Å². The average Bonchev–Trinajstić information content (AvgIpc) is 2.93. The summed E-state index contributed by atoms with van der Waals surface area (Å²) in [6.45, 7) is 4.60. The fourth-order valence-corrected chi connectivity index (χ4v) is 2.88. The predicted molar refractivity (Wildman–Crippen MR) is 102 cm³/mol. The Morgan fingerprint density at radius 2 is 2.00 bits per heavy atom. The predicted octanol–water partition coefficient (Wildman–Crippen LogP) is 3.87. The van der Waals surface area contributed by atoms with Crippen LogP contribution in [0.4, 0.5) is 0 Å². The Morgan fingerprint density at radius 3 is 2.77 bits per heavy atom. The highest BCUT2D eigenvalue weighted by molar-refractivity contribution is 6.30. The highest BCUT2D eigenvalue weighted by atomic mass is 35.5. The highest BCUT2D eigenvalue weighted by Crippen LogP contribution is 2.41. The normalized spacial score (nSPS) is 13.8. The summed E-state index contributed by atoms with van der Waals surface area (Å²) in [6, 6.07) is 12.6. The molecule has 134 valence electrons.